The Morgan fingerprint density at radius 1 is 1.35 bits per heavy atom. The summed E-state index contributed by atoms with van der Waals surface area (Å²) >= 11 is 3.57. The third kappa shape index (κ3) is 4.61. The first-order chi connectivity index (χ1) is 7.85. The van der Waals surface area contributed by atoms with Crippen LogP contribution in [0.3, 0.4) is 0 Å². The monoisotopic (exact) mass is 303 g/mol. The smallest absolute Gasteiger partial charge is 0.222 e. The van der Waals surface area contributed by atoms with Gasteiger partial charge in [-0.3, -0.25) is 4.79 Å². The van der Waals surface area contributed by atoms with Gasteiger partial charge in [0.25, 0.3) is 0 Å². The molecule has 1 atom stereocenters. The lowest BCUT2D eigenvalue weighted by atomic mass is 9.85. The summed E-state index contributed by atoms with van der Waals surface area (Å²) in [6, 6.07) is 0. The Labute approximate surface area is 114 Å². The molecule has 1 heterocycles. The van der Waals surface area contributed by atoms with Crippen LogP contribution in [0.5, 0.6) is 0 Å². The molecule has 0 aromatic heterocycles. The highest BCUT2D eigenvalue weighted by Crippen LogP contribution is 2.31. The average molecular weight is 304 g/mol. The van der Waals surface area contributed by atoms with Crippen molar-refractivity contribution in [3.05, 3.63) is 0 Å². The van der Waals surface area contributed by atoms with Crippen LogP contribution in [0.1, 0.15) is 47.0 Å². The summed E-state index contributed by atoms with van der Waals surface area (Å²) in [5.41, 5.74) is 0.326. The van der Waals surface area contributed by atoms with E-state index in [-0.39, 0.29) is 0 Å². The normalized spacial score (nSPS) is 22.7. The lowest BCUT2D eigenvalue weighted by Gasteiger charge is -2.28. The van der Waals surface area contributed by atoms with Crippen LogP contribution in [0.4, 0.5) is 0 Å². The Bertz CT molecular complexity index is 263. The molecule has 1 aliphatic heterocycles. The van der Waals surface area contributed by atoms with Gasteiger partial charge in [0.2, 0.25) is 5.91 Å². The zero-order valence-corrected chi connectivity index (χ0v) is 13.2. The molecule has 1 unspecified atom stereocenters. The SMILES string of the molecule is CC(C)C(CBr)CN1CCC(C)(C)CCC1=O. The maximum atomic E-state index is 12.1. The molecule has 0 aromatic carbocycles. The summed E-state index contributed by atoms with van der Waals surface area (Å²) in [5, 5.41) is 0.984. The minimum atomic E-state index is 0.326. The fourth-order valence-corrected chi connectivity index (χ4v) is 3.16. The number of nitrogens with zero attached hydrogens (tertiary/aromatic N) is 1. The Balaban J connectivity index is 2.60. The van der Waals surface area contributed by atoms with E-state index in [0.717, 1.165) is 37.7 Å². The van der Waals surface area contributed by atoms with Crippen molar-refractivity contribution in [2.24, 2.45) is 17.3 Å². The van der Waals surface area contributed by atoms with Crippen LogP contribution in [0.2, 0.25) is 0 Å². The molecule has 0 radical (unpaired) electrons. The van der Waals surface area contributed by atoms with Crippen LogP contribution in [-0.4, -0.2) is 29.2 Å². The largest absolute Gasteiger partial charge is 0.342 e. The van der Waals surface area contributed by atoms with Crippen molar-refractivity contribution < 1.29 is 4.79 Å². The van der Waals surface area contributed by atoms with Gasteiger partial charge in [-0.15, -0.1) is 0 Å². The molecule has 1 fully saturated rings. The van der Waals surface area contributed by atoms with Gasteiger partial charge >= 0.3 is 0 Å². The van der Waals surface area contributed by atoms with E-state index < -0.39 is 0 Å². The molecule has 0 spiro atoms. The molecule has 1 saturated heterocycles. The standard InChI is InChI=1S/C14H26BrNO/c1-11(2)12(9-15)10-16-8-7-14(3,4)6-5-13(16)17/h11-12H,5-10H2,1-4H3. The van der Waals surface area contributed by atoms with E-state index in [1.54, 1.807) is 0 Å². The molecule has 1 rings (SSSR count). The number of likely N-dealkylation sites (tertiary alicyclic amines) is 1. The Kier molecular flexibility index (Phi) is 5.49. The van der Waals surface area contributed by atoms with Gasteiger partial charge in [0.15, 0.2) is 0 Å². The van der Waals surface area contributed by atoms with Gasteiger partial charge in [-0.05, 0) is 30.1 Å². The molecule has 1 amide bonds. The molecule has 3 heteroatoms. The Morgan fingerprint density at radius 3 is 2.53 bits per heavy atom. The quantitative estimate of drug-likeness (QED) is 0.725. The highest BCUT2D eigenvalue weighted by molar-refractivity contribution is 9.09. The fourth-order valence-electron chi connectivity index (χ4n) is 2.20. The number of halogens is 1. The van der Waals surface area contributed by atoms with Crippen LogP contribution in [-0.2, 0) is 4.79 Å². The number of alkyl halides is 1. The number of amides is 1. The fraction of sp³-hybridized carbons (Fsp3) is 0.929. The van der Waals surface area contributed by atoms with Crippen molar-refractivity contribution in [2.75, 3.05) is 18.4 Å². The lowest BCUT2D eigenvalue weighted by Crippen LogP contribution is -2.37. The lowest BCUT2D eigenvalue weighted by molar-refractivity contribution is -0.131. The molecule has 0 N–H and O–H groups in total. The molecular formula is C14H26BrNO. The van der Waals surface area contributed by atoms with Gasteiger partial charge in [-0.2, -0.15) is 0 Å². The Hall–Kier alpha value is -0.0500. The molecule has 2 nitrogen and oxygen atoms in total. The average Bonchev–Trinajstić information content (AvgIpc) is 2.37. The zero-order chi connectivity index (χ0) is 13.1. The first-order valence-electron chi connectivity index (χ1n) is 6.69. The predicted molar refractivity (Wildman–Crippen MR) is 76.3 cm³/mol. The van der Waals surface area contributed by atoms with Crippen molar-refractivity contribution in [2.45, 2.75) is 47.0 Å². The first-order valence-corrected chi connectivity index (χ1v) is 7.81. The van der Waals surface area contributed by atoms with Crippen molar-refractivity contribution >= 4 is 21.8 Å². The van der Waals surface area contributed by atoms with E-state index in [9.17, 15) is 4.79 Å². The maximum Gasteiger partial charge on any atom is 0.222 e. The third-order valence-electron chi connectivity index (χ3n) is 4.02. The summed E-state index contributed by atoms with van der Waals surface area (Å²) in [7, 11) is 0. The van der Waals surface area contributed by atoms with E-state index in [4.69, 9.17) is 0 Å². The number of carbonyl (C=O) groups is 1. The second-order valence-corrected chi connectivity index (χ2v) is 7.06. The Morgan fingerprint density at radius 2 is 2.00 bits per heavy atom. The summed E-state index contributed by atoms with van der Waals surface area (Å²) in [4.78, 5) is 14.2. The zero-order valence-electron chi connectivity index (χ0n) is 11.6. The molecule has 17 heavy (non-hydrogen) atoms. The minimum absolute atomic E-state index is 0.326. The molecule has 0 saturated carbocycles. The van der Waals surface area contributed by atoms with E-state index >= 15 is 0 Å². The van der Waals surface area contributed by atoms with Crippen molar-refractivity contribution in [3.63, 3.8) is 0 Å². The van der Waals surface area contributed by atoms with Gasteiger partial charge in [-0.1, -0.05) is 43.6 Å². The molecule has 1 aliphatic rings. The summed E-state index contributed by atoms with van der Waals surface area (Å²) in [6.45, 7) is 10.9. The highest BCUT2D eigenvalue weighted by atomic mass is 79.9. The van der Waals surface area contributed by atoms with Crippen molar-refractivity contribution in [1.82, 2.24) is 4.90 Å². The summed E-state index contributed by atoms with van der Waals surface area (Å²) in [6.07, 6.45) is 2.88. The molecule has 100 valence electrons. The topological polar surface area (TPSA) is 20.3 Å². The second kappa shape index (κ2) is 6.21. The van der Waals surface area contributed by atoms with E-state index in [0.29, 0.717) is 23.2 Å². The number of hydrogen-bond acceptors (Lipinski definition) is 1. The summed E-state index contributed by atoms with van der Waals surface area (Å²) < 4.78 is 0. The predicted octanol–water partition coefficient (Wildman–Crippen LogP) is 3.69. The van der Waals surface area contributed by atoms with Crippen LogP contribution in [0, 0.1) is 17.3 Å². The molecule has 0 aliphatic carbocycles. The van der Waals surface area contributed by atoms with Gasteiger partial charge < -0.3 is 4.90 Å². The van der Waals surface area contributed by atoms with Gasteiger partial charge in [-0.25, -0.2) is 0 Å². The number of hydrogen-bond donors (Lipinski definition) is 0. The first kappa shape index (κ1) is 15.0. The van der Waals surface area contributed by atoms with Crippen LogP contribution in [0.25, 0.3) is 0 Å². The van der Waals surface area contributed by atoms with E-state index in [1.807, 2.05) is 0 Å². The summed E-state index contributed by atoms with van der Waals surface area (Å²) in [5.74, 6) is 1.54. The molecular weight excluding hydrogens is 278 g/mol. The van der Waals surface area contributed by atoms with Gasteiger partial charge in [0.05, 0.1) is 0 Å². The second-order valence-electron chi connectivity index (χ2n) is 6.41. The van der Waals surface area contributed by atoms with Crippen LogP contribution in [0.15, 0.2) is 0 Å². The van der Waals surface area contributed by atoms with Crippen LogP contribution >= 0.6 is 15.9 Å². The van der Waals surface area contributed by atoms with E-state index in [2.05, 4.69) is 48.5 Å². The number of carbonyl (C=O) groups excluding carboxylic acids is 1. The third-order valence-corrected chi connectivity index (χ3v) is 4.85. The highest BCUT2D eigenvalue weighted by Gasteiger charge is 2.28. The van der Waals surface area contributed by atoms with Gasteiger partial charge in [0.1, 0.15) is 0 Å². The number of rotatable bonds is 4. The molecule has 0 aromatic rings. The van der Waals surface area contributed by atoms with Crippen LogP contribution < -0.4 is 0 Å². The maximum absolute atomic E-state index is 12.1. The minimum Gasteiger partial charge on any atom is -0.342 e. The van der Waals surface area contributed by atoms with Crippen molar-refractivity contribution in [3.8, 4) is 0 Å². The van der Waals surface area contributed by atoms with E-state index in [1.165, 1.54) is 0 Å². The van der Waals surface area contributed by atoms with Crippen molar-refractivity contribution in [1.29, 1.82) is 0 Å². The van der Waals surface area contributed by atoms with Gasteiger partial charge in [0, 0.05) is 24.8 Å². The molecule has 0 bridgehead atoms.